The summed E-state index contributed by atoms with van der Waals surface area (Å²) in [6.45, 7) is 8.06. The minimum atomic E-state index is 0.377. The standard InChI is InChI=1S/C9H21NO/c1-4-9(5-6-10)11-7-8(2)3/h8-9H,4-7,10H2,1-3H3. The molecule has 0 aliphatic carbocycles. The van der Waals surface area contributed by atoms with Gasteiger partial charge >= 0.3 is 0 Å². The highest BCUT2D eigenvalue weighted by Crippen LogP contribution is 2.04. The minimum Gasteiger partial charge on any atom is -0.378 e. The Kier molecular flexibility index (Phi) is 6.57. The summed E-state index contributed by atoms with van der Waals surface area (Å²) in [7, 11) is 0. The van der Waals surface area contributed by atoms with Crippen molar-refractivity contribution in [3.8, 4) is 0 Å². The van der Waals surface area contributed by atoms with E-state index in [0.29, 0.717) is 12.0 Å². The molecule has 68 valence electrons. The number of ether oxygens (including phenoxy) is 1. The summed E-state index contributed by atoms with van der Waals surface area (Å²) in [5, 5.41) is 0. The van der Waals surface area contributed by atoms with E-state index < -0.39 is 0 Å². The fourth-order valence-corrected chi connectivity index (χ4v) is 0.920. The Labute approximate surface area is 70.1 Å². The van der Waals surface area contributed by atoms with Crippen LogP contribution in [0.25, 0.3) is 0 Å². The molecular formula is C9H21NO. The topological polar surface area (TPSA) is 35.2 Å². The maximum Gasteiger partial charge on any atom is 0.0584 e. The first-order chi connectivity index (χ1) is 5.20. The fraction of sp³-hybridized carbons (Fsp3) is 1.00. The quantitative estimate of drug-likeness (QED) is 0.641. The van der Waals surface area contributed by atoms with Gasteiger partial charge in [-0.15, -0.1) is 0 Å². The summed E-state index contributed by atoms with van der Waals surface area (Å²) in [5.74, 6) is 0.627. The van der Waals surface area contributed by atoms with Gasteiger partial charge in [0, 0.05) is 6.61 Å². The van der Waals surface area contributed by atoms with Crippen molar-refractivity contribution < 1.29 is 4.74 Å². The first-order valence-electron chi connectivity index (χ1n) is 4.52. The van der Waals surface area contributed by atoms with Crippen LogP contribution in [0.3, 0.4) is 0 Å². The van der Waals surface area contributed by atoms with Crippen molar-refractivity contribution in [3.63, 3.8) is 0 Å². The lowest BCUT2D eigenvalue weighted by Crippen LogP contribution is -2.19. The zero-order valence-corrected chi connectivity index (χ0v) is 7.97. The van der Waals surface area contributed by atoms with E-state index in [2.05, 4.69) is 20.8 Å². The Balaban J connectivity index is 3.35. The molecule has 0 aliphatic rings. The van der Waals surface area contributed by atoms with Gasteiger partial charge in [0.05, 0.1) is 6.10 Å². The molecule has 11 heavy (non-hydrogen) atoms. The van der Waals surface area contributed by atoms with Gasteiger partial charge in [-0.1, -0.05) is 20.8 Å². The van der Waals surface area contributed by atoms with Gasteiger partial charge in [-0.25, -0.2) is 0 Å². The largest absolute Gasteiger partial charge is 0.378 e. The highest BCUT2D eigenvalue weighted by atomic mass is 16.5. The van der Waals surface area contributed by atoms with Crippen molar-refractivity contribution in [2.75, 3.05) is 13.2 Å². The second-order valence-electron chi connectivity index (χ2n) is 3.33. The number of rotatable bonds is 6. The van der Waals surface area contributed by atoms with Crippen LogP contribution in [0.5, 0.6) is 0 Å². The van der Waals surface area contributed by atoms with Crippen molar-refractivity contribution >= 4 is 0 Å². The van der Waals surface area contributed by atoms with Gasteiger partial charge in [0.15, 0.2) is 0 Å². The van der Waals surface area contributed by atoms with Gasteiger partial charge in [-0.2, -0.15) is 0 Å². The third-order valence-electron chi connectivity index (χ3n) is 1.61. The van der Waals surface area contributed by atoms with E-state index in [1.165, 1.54) is 0 Å². The molecule has 0 aromatic heterocycles. The summed E-state index contributed by atoms with van der Waals surface area (Å²) < 4.78 is 5.61. The van der Waals surface area contributed by atoms with Gasteiger partial charge in [-0.3, -0.25) is 0 Å². The van der Waals surface area contributed by atoms with E-state index in [0.717, 1.165) is 26.0 Å². The first-order valence-corrected chi connectivity index (χ1v) is 4.52. The first kappa shape index (κ1) is 10.9. The van der Waals surface area contributed by atoms with Crippen LogP contribution >= 0.6 is 0 Å². The molecule has 0 radical (unpaired) electrons. The maximum absolute atomic E-state index is 5.61. The monoisotopic (exact) mass is 159 g/mol. The van der Waals surface area contributed by atoms with E-state index in [4.69, 9.17) is 10.5 Å². The van der Waals surface area contributed by atoms with Crippen LogP contribution in [0.1, 0.15) is 33.6 Å². The lowest BCUT2D eigenvalue weighted by atomic mass is 10.2. The molecule has 1 unspecified atom stereocenters. The second kappa shape index (κ2) is 6.62. The average Bonchev–Trinajstić information content (AvgIpc) is 1.97. The van der Waals surface area contributed by atoms with Crippen LogP contribution in [0, 0.1) is 5.92 Å². The zero-order chi connectivity index (χ0) is 8.69. The maximum atomic E-state index is 5.61. The second-order valence-corrected chi connectivity index (χ2v) is 3.33. The van der Waals surface area contributed by atoms with Crippen LogP contribution in [-0.4, -0.2) is 19.3 Å². The van der Waals surface area contributed by atoms with Crippen molar-refractivity contribution in [1.29, 1.82) is 0 Å². The van der Waals surface area contributed by atoms with E-state index in [-0.39, 0.29) is 0 Å². The van der Waals surface area contributed by atoms with Gasteiger partial charge in [0.1, 0.15) is 0 Å². The molecule has 2 heteroatoms. The molecule has 0 aliphatic heterocycles. The lowest BCUT2D eigenvalue weighted by molar-refractivity contribution is 0.0300. The molecule has 0 aromatic carbocycles. The van der Waals surface area contributed by atoms with Crippen LogP contribution in [0.4, 0.5) is 0 Å². The average molecular weight is 159 g/mol. The molecule has 0 heterocycles. The minimum absolute atomic E-state index is 0.377. The Bertz CT molecular complexity index is 83.6. The summed E-state index contributed by atoms with van der Waals surface area (Å²) in [6, 6.07) is 0. The van der Waals surface area contributed by atoms with Crippen LogP contribution in [0.15, 0.2) is 0 Å². The van der Waals surface area contributed by atoms with Crippen molar-refractivity contribution in [2.24, 2.45) is 11.7 Å². The van der Waals surface area contributed by atoms with E-state index in [9.17, 15) is 0 Å². The van der Waals surface area contributed by atoms with Gasteiger partial charge in [0.25, 0.3) is 0 Å². The molecule has 0 amide bonds. The Morgan fingerprint density at radius 3 is 2.36 bits per heavy atom. The summed E-state index contributed by atoms with van der Waals surface area (Å²) in [5.41, 5.74) is 5.43. The van der Waals surface area contributed by atoms with Crippen LogP contribution in [-0.2, 0) is 4.74 Å². The normalized spacial score (nSPS) is 13.9. The van der Waals surface area contributed by atoms with Crippen molar-refractivity contribution in [1.82, 2.24) is 0 Å². The molecular weight excluding hydrogens is 138 g/mol. The number of hydrogen-bond acceptors (Lipinski definition) is 2. The van der Waals surface area contributed by atoms with Crippen LogP contribution < -0.4 is 5.73 Å². The van der Waals surface area contributed by atoms with E-state index in [1.807, 2.05) is 0 Å². The molecule has 0 fully saturated rings. The zero-order valence-electron chi connectivity index (χ0n) is 7.97. The van der Waals surface area contributed by atoms with Gasteiger partial charge < -0.3 is 10.5 Å². The Morgan fingerprint density at radius 1 is 1.36 bits per heavy atom. The molecule has 0 aromatic rings. The van der Waals surface area contributed by atoms with E-state index >= 15 is 0 Å². The summed E-state index contributed by atoms with van der Waals surface area (Å²) in [6.07, 6.45) is 2.44. The SMILES string of the molecule is CCC(CCN)OCC(C)C. The Morgan fingerprint density at radius 2 is 2.00 bits per heavy atom. The molecule has 0 rings (SSSR count). The molecule has 1 atom stereocenters. The lowest BCUT2D eigenvalue weighted by Gasteiger charge is -2.16. The smallest absolute Gasteiger partial charge is 0.0584 e. The predicted octanol–water partition coefficient (Wildman–Crippen LogP) is 1.79. The molecule has 0 saturated carbocycles. The number of nitrogens with two attached hydrogens (primary N) is 1. The third-order valence-corrected chi connectivity index (χ3v) is 1.61. The highest BCUT2D eigenvalue weighted by molar-refractivity contribution is 4.56. The molecule has 0 bridgehead atoms. The molecule has 2 N–H and O–H groups in total. The van der Waals surface area contributed by atoms with Gasteiger partial charge in [0.2, 0.25) is 0 Å². The molecule has 0 spiro atoms. The summed E-state index contributed by atoms with van der Waals surface area (Å²) >= 11 is 0. The molecule has 0 saturated heterocycles. The van der Waals surface area contributed by atoms with E-state index in [1.54, 1.807) is 0 Å². The Hall–Kier alpha value is -0.0800. The van der Waals surface area contributed by atoms with Crippen LogP contribution in [0.2, 0.25) is 0 Å². The fourth-order valence-electron chi connectivity index (χ4n) is 0.920. The van der Waals surface area contributed by atoms with Gasteiger partial charge in [-0.05, 0) is 25.3 Å². The summed E-state index contributed by atoms with van der Waals surface area (Å²) in [4.78, 5) is 0. The highest BCUT2D eigenvalue weighted by Gasteiger charge is 2.05. The number of hydrogen-bond donors (Lipinski definition) is 1. The molecule has 2 nitrogen and oxygen atoms in total. The van der Waals surface area contributed by atoms with Crippen molar-refractivity contribution in [3.05, 3.63) is 0 Å². The van der Waals surface area contributed by atoms with Crippen molar-refractivity contribution in [2.45, 2.75) is 39.7 Å². The third kappa shape index (κ3) is 6.32. The predicted molar refractivity (Wildman–Crippen MR) is 48.5 cm³/mol.